The third-order valence-corrected chi connectivity index (χ3v) is 3.47. The van der Waals surface area contributed by atoms with Gasteiger partial charge in [-0.05, 0) is 13.8 Å². The fourth-order valence-electron chi connectivity index (χ4n) is 2.22. The molecule has 0 aromatic carbocycles. The first kappa shape index (κ1) is 14.2. The van der Waals surface area contributed by atoms with Gasteiger partial charge in [-0.25, -0.2) is 15.8 Å². The highest BCUT2D eigenvalue weighted by atomic mass is 16.2. The SMILES string of the molecule is CN1CCN(C(=O)c2cnc(NN)cn2)C(C)(C)C1=O. The predicted octanol–water partition coefficient (Wildman–Crippen LogP) is -0.545. The summed E-state index contributed by atoms with van der Waals surface area (Å²) in [7, 11) is 1.73. The molecule has 8 heteroatoms. The van der Waals surface area contributed by atoms with Crippen LogP contribution >= 0.6 is 0 Å². The van der Waals surface area contributed by atoms with E-state index in [0.29, 0.717) is 18.9 Å². The number of carbonyl (C=O) groups excluding carboxylic acids is 2. The van der Waals surface area contributed by atoms with Crippen LogP contribution in [0.5, 0.6) is 0 Å². The fourth-order valence-corrected chi connectivity index (χ4v) is 2.22. The highest BCUT2D eigenvalue weighted by Gasteiger charge is 2.43. The number of nitrogen functional groups attached to an aromatic ring is 1. The van der Waals surface area contributed by atoms with E-state index in [2.05, 4.69) is 15.4 Å². The molecule has 0 atom stereocenters. The van der Waals surface area contributed by atoms with Gasteiger partial charge in [-0.1, -0.05) is 0 Å². The number of nitrogens with zero attached hydrogens (tertiary/aromatic N) is 4. The molecule has 3 N–H and O–H groups in total. The van der Waals surface area contributed by atoms with Gasteiger partial charge < -0.3 is 15.2 Å². The van der Waals surface area contributed by atoms with Gasteiger partial charge >= 0.3 is 0 Å². The lowest BCUT2D eigenvalue weighted by Gasteiger charge is -2.44. The molecule has 1 fully saturated rings. The van der Waals surface area contributed by atoms with Gasteiger partial charge in [-0.3, -0.25) is 9.59 Å². The van der Waals surface area contributed by atoms with E-state index in [1.165, 1.54) is 17.3 Å². The first-order valence-corrected chi connectivity index (χ1v) is 6.24. The minimum absolute atomic E-state index is 0.0923. The molecule has 2 heterocycles. The van der Waals surface area contributed by atoms with Crippen molar-refractivity contribution in [1.29, 1.82) is 0 Å². The first-order valence-electron chi connectivity index (χ1n) is 6.24. The molecule has 1 saturated heterocycles. The van der Waals surface area contributed by atoms with E-state index >= 15 is 0 Å². The summed E-state index contributed by atoms with van der Waals surface area (Å²) in [5.41, 5.74) is 1.64. The first-order chi connectivity index (χ1) is 9.37. The molecule has 1 aromatic rings. The van der Waals surface area contributed by atoms with Gasteiger partial charge in [0.1, 0.15) is 11.2 Å². The van der Waals surface area contributed by atoms with Crippen LogP contribution in [0.15, 0.2) is 12.4 Å². The molecule has 2 rings (SSSR count). The van der Waals surface area contributed by atoms with Gasteiger partial charge in [0.15, 0.2) is 5.82 Å². The zero-order chi connectivity index (χ0) is 14.9. The molecule has 0 bridgehead atoms. The van der Waals surface area contributed by atoms with Crippen molar-refractivity contribution >= 4 is 17.6 Å². The number of amides is 2. The molecule has 20 heavy (non-hydrogen) atoms. The van der Waals surface area contributed by atoms with E-state index in [9.17, 15) is 9.59 Å². The lowest BCUT2D eigenvalue weighted by molar-refractivity contribution is -0.144. The maximum absolute atomic E-state index is 12.5. The summed E-state index contributed by atoms with van der Waals surface area (Å²) in [4.78, 5) is 35.7. The van der Waals surface area contributed by atoms with E-state index < -0.39 is 5.54 Å². The zero-order valence-corrected chi connectivity index (χ0v) is 11.8. The fraction of sp³-hybridized carbons (Fsp3) is 0.500. The highest BCUT2D eigenvalue weighted by Crippen LogP contribution is 2.23. The molecule has 108 valence electrons. The Balaban J connectivity index is 2.25. The topological polar surface area (TPSA) is 104 Å². The Bertz CT molecular complexity index is 527. The van der Waals surface area contributed by atoms with Gasteiger partial charge in [0.2, 0.25) is 5.91 Å². The maximum atomic E-state index is 12.5. The second-order valence-corrected chi connectivity index (χ2v) is 5.17. The normalized spacial score (nSPS) is 18.1. The summed E-state index contributed by atoms with van der Waals surface area (Å²) in [5.74, 6) is 5.16. The molecular formula is C12H18N6O2. The van der Waals surface area contributed by atoms with E-state index in [4.69, 9.17) is 5.84 Å². The summed E-state index contributed by atoms with van der Waals surface area (Å²) in [5, 5.41) is 0. The summed E-state index contributed by atoms with van der Waals surface area (Å²) >= 11 is 0. The third kappa shape index (κ3) is 2.29. The van der Waals surface area contributed by atoms with E-state index in [1.54, 1.807) is 25.8 Å². The minimum Gasteiger partial charge on any atom is -0.342 e. The van der Waals surface area contributed by atoms with Crippen molar-refractivity contribution in [3.8, 4) is 0 Å². The van der Waals surface area contributed by atoms with Gasteiger partial charge in [0, 0.05) is 20.1 Å². The number of anilines is 1. The van der Waals surface area contributed by atoms with Crippen LogP contribution in [0.4, 0.5) is 5.82 Å². The number of hydrogen-bond acceptors (Lipinski definition) is 6. The molecule has 0 saturated carbocycles. The molecule has 1 aliphatic heterocycles. The number of rotatable bonds is 2. The number of aromatic nitrogens is 2. The van der Waals surface area contributed by atoms with E-state index in [-0.39, 0.29) is 17.5 Å². The van der Waals surface area contributed by atoms with Gasteiger partial charge in [0.05, 0.1) is 12.4 Å². The number of nitrogens with one attached hydrogen (secondary N) is 1. The molecule has 8 nitrogen and oxygen atoms in total. The van der Waals surface area contributed by atoms with Crippen molar-refractivity contribution in [2.24, 2.45) is 5.84 Å². The average molecular weight is 278 g/mol. The van der Waals surface area contributed by atoms with Gasteiger partial charge in [-0.2, -0.15) is 0 Å². The number of piperazine rings is 1. The van der Waals surface area contributed by atoms with Crippen LogP contribution in [0.3, 0.4) is 0 Å². The Hall–Kier alpha value is -2.22. The number of carbonyl (C=O) groups is 2. The summed E-state index contributed by atoms with van der Waals surface area (Å²) in [6.45, 7) is 4.43. The predicted molar refractivity (Wildman–Crippen MR) is 72.6 cm³/mol. The van der Waals surface area contributed by atoms with Crippen LogP contribution in [-0.2, 0) is 4.79 Å². The second kappa shape index (κ2) is 5.04. The van der Waals surface area contributed by atoms with Crippen molar-refractivity contribution in [1.82, 2.24) is 19.8 Å². The maximum Gasteiger partial charge on any atom is 0.274 e. The Morgan fingerprint density at radius 3 is 2.60 bits per heavy atom. The molecule has 1 aliphatic rings. The van der Waals surface area contributed by atoms with Gasteiger partial charge in [0.25, 0.3) is 5.91 Å². The van der Waals surface area contributed by atoms with Crippen LogP contribution < -0.4 is 11.3 Å². The van der Waals surface area contributed by atoms with Crippen LogP contribution in [0, 0.1) is 0 Å². The summed E-state index contributed by atoms with van der Waals surface area (Å²) in [6, 6.07) is 0. The molecule has 2 amide bonds. The lowest BCUT2D eigenvalue weighted by Crippen LogP contribution is -2.63. The zero-order valence-electron chi connectivity index (χ0n) is 11.8. The largest absolute Gasteiger partial charge is 0.342 e. The number of hydrogen-bond donors (Lipinski definition) is 2. The Morgan fingerprint density at radius 2 is 2.05 bits per heavy atom. The molecule has 0 spiro atoms. The quantitative estimate of drug-likeness (QED) is 0.556. The van der Waals surface area contributed by atoms with Crippen LogP contribution in [0.25, 0.3) is 0 Å². The molecule has 0 unspecified atom stereocenters. The van der Waals surface area contributed by atoms with Crippen molar-refractivity contribution < 1.29 is 9.59 Å². The highest BCUT2D eigenvalue weighted by molar-refractivity contribution is 5.98. The number of nitrogens with two attached hydrogens (primary N) is 1. The number of likely N-dealkylation sites (N-methyl/N-ethyl adjacent to an activating group) is 1. The lowest BCUT2D eigenvalue weighted by atomic mass is 9.97. The Labute approximate surface area is 116 Å². The van der Waals surface area contributed by atoms with Crippen LogP contribution in [-0.4, -0.2) is 57.3 Å². The Kier molecular flexibility index (Phi) is 3.58. The number of hydrazine groups is 1. The van der Waals surface area contributed by atoms with Crippen molar-refractivity contribution in [2.75, 3.05) is 25.6 Å². The molecule has 0 radical (unpaired) electrons. The monoisotopic (exact) mass is 278 g/mol. The average Bonchev–Trinajstić information content (AvgIpc) is 2.44. The second-order valence-electron chi connectivity index (χ2n) is 5.17. The minimum atomic E-state index is -0.892. The van der Waals surface area contributed by atoms with Gasteiger partial charge in [-0.15, -0.1) is 0 Å². The van der Waals surface area contributed by atoms with Crippen LogP contribution in [0.1, 0.15) is 24.3 Å². The van der Waals surface area contributed by atoms with Crippen molar-refractivity contribution in [3.63, 3.8) is 0 Å². The standard InChI is InChI=1S/C12H18N6O2/c1-12(2)11(20)17(3)4-5-18(12)10(19)8-6-15-9(16-13)7-14-8/h6-7H,4-5,13H2,1-3H3,(H,15,16). The van der Waals surface area contributed by atoms with Crippen molar-refractivity contribution in [2.45, 2.75) is 19.4 Å². The van der Waals surface area contributed by atoms with Crippen molar-refractivity contribution in [3.05, 3.63) is 18.1 Å². The summed E-state index contributed by atoms with van der Waals surface area (Å²) in [6.07, 6.45) is 2.72. The molecule has 1 aromatic heterocycles. The van der Waals surface area contributed by atoms with Crippen LogP contribution in [0.2, 0.25) is 0 Å². The molecule has 0 aliphatic carbocycles. The third-order valence-electron chi connectivity index (χ3n) is 3.47. The smallest absolute Gasteiger partial charge is 0.274 e. The van der Waals surface area contributed by atoms with E-state index in [1.807, 2.05) is 0 Å². The Morgan fingerprint density at radius 1 is 1.35 bits per heavy atom. The molecular weight excluding hydrogens is 260 g/mol. The summed E-state index contributed by atoms with van der Waals surface area (Å²) < 4.78 is 0. The van der Waals surface area contributed by atoms with E-state index in [0.717, 1.165) is 0 Å².